The molecule has 140 valence electrons. The van der Waals surface area contributed by atoms with Gasteiger partial charge in [0.25, 0.3) is 5.89 Å². The third-order valence-electron chi connectivity index (χ3n) is 4.18. The fourth-order valence-electron chi connectivity index (χ4n) is 2.68. The van der Waals surface area contributed by atoms with Crippen molar-refractivity contribution in [3.05, 3.63) is 66.5 Å². The van der Waals surface area contributed by atoms with Crippen LogP contribution < -0.4 is 0 Å². The second-order valence-electron chi connectivity index (χ2n) is 6.26. The summed E-state index contributed by atoms with van der Waals surface area (Å²) in [5.41, 5.74) is 3.28. The molecule has 7 nitrogen and oxygen atoms in total. The smallest absolute Gasteiger partial charge is 0.268 e. The van der Waals surface area contributed by atoms with Crippen LogP contribution in [0.5, 0.6) is 0 Å². The van der Waals surface area contributed by atoms with Crippen molar-refractivity contribution in [2.45, 2.75) is 11.8 Å². The van der Waals surface area contributed by atoms with E-state index in [-0.39, 0.29) is 10.8 Å². The normalized spacial score (nSPS) is 11.5. The van der Waals surface area contributed by atoms with E-state index in [1.165, 1.54) is 6.26 Å². The number of benzene rings is 2. The zero-order valence-electron chi connectivity index (χ0n) is 15.2. The Hall–Kier alpha value is -3.39. The maximum atomic E-state index is 11.6. The molecule has 8 heteroatoms. The first-order chi connectivity index (χ1) is 13.4. The molecule has 0 aliphatic rings. The van der Waals surface area contributed by atoms with Crippen molar-refractivity contribution in [3.63, 3.8) is 0 Å². The molecule has 0 radical (unpaired) electrons. The van der Waals surface area contributed by atoms with E-state index in [0.717, 1.165) is 11.1 Å². The Bertz CT molecular complexity index is 1230. The highest BCUT2D eigenvalue weighted by Crippen LogP contribution is 2.27. The van der Waals surface area contributed by atoms with Crippen molar-refractivity contribution in [2.24, 2.45) is 0 Å². The number of nitrogens with zero attached hydrogens (tertiary/aromatic N) is 4. The molecule has 4 aromatic rings. The lowest BCUT2D eigenvalue weighted by molar-refractivity contribution is 0.581. The average molecular weight is 392 g/mol. The van der Waals surface area contributed by atoms with E-state index in [4.69, 9.17) is 4.42 Å². The molecular weight excluding hydrogens is 376 g/mol. The number of aryl methyl sites for hydroxylation is 1. The van der Waals surface area contributed by atoms with Crippen molar-refractivity contribution in [3.8, 4) is 34.3 Å². The fraction of sp³-hybridized carbons (Fsp3) is 0.100. The molecule has 2 aromatic heterocycles. The third kappa shape index (κ3) is 3.54. The van der Waals surface area contributed by atoms with Gasteiger partial charge in [-0.25, -0.2) is 13.4 Å². The van der Waals surface area contributed by atoms with Crippen LogP contribution in [0.3, 0.4) is 0 Å². The lowest BCUT2D eigenvalue weighted by Crippen LogP contribution is -1.98. The summed E-state index contributed by atoms with van der Waals surface area (Å²) in [4.78, 5) is 9.23. The van der Waals surface area contributed by atoms with E-state index in [1.54, 1.807) is 30.5 Å². The van der Waals surface area contributed by atoms with Crippen LogP contribution in [0.15, 0.2) is 70.1 Å². The summed E-state index contributed by atoms with van der Waals surface area (Å²) in [7, 11) is -3.25. The number of hydrogen-bond acceptors (Lipinski definition) is 7. The molecular formula is C20H16N4O3S. The first-order valence-electron chi connectivity index (χ1n) is 8.45. The largest absolute Gasteiger partial charge is 0.415 e. The van der Waals surface area contributed by atoms with Crippen LogP contribution in [0.25, 0.3) is 34.3 Å². The van der Waals surface area contributed by atoms with Crippen molar-refractivity contribution in [1.82, 2.24) is 20.2 Å². The van der Waals surface area contributed by atoms with Gasteiger partial charge in [0.1, 0.15) is 5.69 Å². The molecule has 0 bridgehead atoms. The molecule has 0 unspecified atom stereocenters. The quantitative estimate of drug-likeness (QED) is 0.523. The monoisotopic (exact) mass is 392 g/mol. The number of sulfone groups is 1. The highest BCUT2D eigenvalue weighted by molar-refractivity contribution is 7.90. The van der Waals surface area contributed by atoms with E-state index >= 15 is 0 Å². The Balaban J connectivity index is 1.71. The molecule has 4 rings (SSSR count). The highest BCUT2D eigenvalue weighted by atomic mass is 32.2. The molecule has 0 saturated carbocycles. The summed E-state index contributed by atoms with van der Waals surface area (Å²) in [5, 5.41) is 8.20. The minimum atomic E-state index is -3.25. The molecule has 2 heterocycles. The Morgan fingerprint density at radius 1 is 0.857 bits per heavy atom. The van der Waals surface area contributed by atoms with Crippen molar-refractivity contribution in [1.29, 1.82) is 0 Å². The Labute approximate surface area is 162 Å². The molecule has 0 spiro atoms. The van der Waals surface area contributed by atoms with E-state index in [2.05, 4.69) is 20.2 Å². The van der Waals surface area contributed by atoms with Gasteiger partial charge in [0, 0.05) is 17.4 Å². The van der Waals surface area contributed by atoms with Crippen LogP contribution in [-0.2, 0) is 9.84 Å². The van der Waals surface area contributed by atoms with Crippen molar-refractivity contribution < 1.29 is 12.8 Å². The number of rotatable bonds is 4. The minimum Gasteiger partial charge on any atom is -0.415 e. The molecule has 0 fully saturated rings. The summed E-state index contributed by atoms with van der Waals surface area (Å²) in [5.74, 6) is 0.679. The van der Waals surface area contributed by atoms with Gasteiger partial charge in [-0.1, -0.05) is 30.3 Å². The predicted octanol–water partition coefficient (Wildman–Crippen LogP) is 3.57. The summed E-state index contributed by atoms with van der Waals surface area (Å²) in [6.07, 6.45) is 2.80. The van der Waals surface area contributed by atoms with Gasteiger partial charge in [-0.2, -0.15) is 0 Å². The fourth-order valence-corrected chi connectivity index (χ4v) is 3.31. The van der Waals surface area contributed by atoms with Crippen LogP contribution in [0.1, 0.15) is 5.69 Å². The van der Waals surface area contributed by atoms with Gasteiger partial charge in [-0.15, -0.1) is 10.2 Å². The van der Waals surface area contributed by atoms with E-state index in [1.807, 2.05) is 37.3 Å². The van der Waals surface area contributed by atoms with Gasteiger partial charge in [0.2, 0.25) is 5.89 Å². The van der Waals surface area contributed by atoms with Crippen LogP contribution in [-0.4, -0.2) is 34.8 Å². The average Bonchev–Trinajstić information content (AvgIpc) is 3.18. The molecule has 0 aliphatic heterocycles. The predicted molar refractivity (Wildman–Crippen MR) is 104 cm³/mol. The molecule has 0 aliphatic carbocycles. The maximum Gasteiger partial charge on any atom is 0.268 e. The summed E-state index contributed by atoms with van der Waals surface area (Å²) in [6.45, 7) is 1.81. The Kier molecular flexibility index (Phi) is 4.48. The molecule has 0 saturated heterocycles. The third-order valence-corrected chi connectivity index (χ3v) is 5.31. The lowest BCUT2D eigenvalue weighted by atomic mass is 10.1. The molecule has 0 atom stereocenters. The van der Waals surface area contributed by atoms with E-state index in [0.29, 0.717) is 23.0 Å². The Morgan fingerprint density at radius 3 is 2.21 bits per heavy atom. The second-order valence-corrected chi connectivity index (χ2v) is 8.28. The second kappa shape index (κ2) is 6.97. The first kappa shape index (κ1) is 18.0. The van der Waals surface area contributed by atoms with Crippen molar-refractivity contribution >= 4 is 9.84 Å². The number of aromatic nitrogens is 4. The summed E-state index contributed by atoms with van der Waals surface area (Å²) in [6, 6.07) is 16.0. The van der Waals surface area contributed by atoms with E-state index < -0.39 is 9.84 Å². The van der Waals surface area contributed by atoms with Crippen LogP contribution in [0.4, 0.5) is 0 Å². The van der Waals surface area contributed by atoms with Gasteiger partial charge in [-0.3, -0.25) is 4.98 Å². The Morgan fingerprint density at radius 2 is 1.54 bits per heavy atom. The zero-order valence-corrected chi connectivity index (χ0v) is 16.0. The summed E-state index contributed by atoms with van der Waals surface area (Å²) < 4.78 is 29.0. The van der Waals surface area contributed by atoms with Gasteiger partial charge >= 0.3 is 0 Å². The zero-order chi connectivity index (χ0) is 19.7. The lowest BCUT2D eigenvalue weighted by Gasteiger charge is -2.05. The molecule has 0 amide bonds. The SMILES string of the molecule is Cc1ncc(-c2ccc(S(C)(=O)=O)cc2)nc1-c1nnc(-c2ccccc2)o1. The van der Waals surface area contributed by atoms with Gasteiger partial charge in [0.05, 0.1) is 22.5 Å². The van der Waals surface area contributed by atoms with Crippen LogP contribution >= 0.6 is 0 Å². The van der Waals surface area contributed by atoms with Gasteiger partial charge in [-0.05, 0) is 31.2 Å². The minimum absolute atomic E-state index is 0.251. The highest BCUT2D eigenvalue weighted by Gasteiger charge is 2.16. The number of hydrogen-bond donors (Lipinski definition) is 0. The molecule has 0 N–H and O–H groups in total. The van der Waals surface area contributed by atoms with Crippen LogP contribution in [0.2, 0.25) is 0 Å². The first-order valence-corrected chi connectivity index (χ1v) is 10.3. The summed E-state index contributed by atoms with van der Waals surface area (Å²) >= 11 is 0. The van der Waals surface area contributed by atoms with Gasteiger partial charge < -0.3 is 4.42 Å². The standard InChI is InChI=1S/C20H16N4O3S/c1-13-18(20-24-23-19(27-20)15-6-4-3-5-7-15)22-17(12-21-13)14-8-10-16(11-9-14)28(2,25)26/h3-12H,1-2H3. The van der Waals surface area contributed by atoms with Gasteiger partial charge in [0.15, 0.2) is 9.84 Å². The van der Waals surface area contributed by atoms with Crippen molar-refractivity contribution in [2.75, 3.05) is 6.26 Å². The molecule has 28 heavy (non-hydrogen) atoms. The van der Waals surface area contributed by atoms with Crippen LogP contribution in [0, 0.1) is 6.92 Å². The van der Waals surface area contributed by atoms with E-state index in [9.17, 15) is 8.42 Å². The topological polar surface area (TPSA) is 98.8 Å². The maximum absolute atomic E-state index is 11.6. The molecule has 2 aromatic carbocycles.